The van der Waals surface area contributed by atoms with Crippen LogP contribution in [0.5, 0.6) is 0 Å². The first-order valence-electron chi connectivity index (χ1n) is 20.1. The Kier molecular flexibility index (Phi) is 15.7. The monoisotopic (exact) mass is 870 g/mol. The summed E-state index contributed by atoms with van der Waals surface area (Å²) >= 11 is 10.3. The van der Waals surface area contributed by atoms with E-state index in [0.717, 1.165) is 86.8 Å². The molecule has 6 rings (SSSR count). The molecule has 0 atom stereocenters. The van der Waals surface area contributed by atoms with Crippen LogP contribution in [0, 0.1) is 45.3 Å². The average Bonchev–Trinajstić information content (AvgIpc) is 4.10. The molecule has 6 aromatic heterocycles. The van der Waals surface area contributed by atoms with Crippen molar-refractivity contribution in [2.75, 3.05) is 0 Å². The van der Waals surface area contributed by atoms with Gasteiger partial charge in [-0.15, -0.1) is 68.0 Å². The third kappa shape index (κ3) is 9.25. The van der Waals surface area contributed by atoms with E-state index >= 15 is 0 Å². The van der Waals surface area contributed by atoms with Gasteiger partial charge >= 0.3 is 0 Å². The van der Waals surface area contributed by atoms with Crippen molar-refractivity contribution >= 4 is 79.2 Å². The van der Waals surface area contributed by atoms with Gasteiger partial charge in [0.1, 0.15) is 35.4 Å². The molecule has 294 valence electrons. The SMILES string of the molecule is CCCCc1c(-c2cccs2)sc(-c2ccc(C(=C(C#N)C#N)C(=C(C#N)C#N)c3ccc(-c4sc(-c5cccs5)c(CCCC)c4CCCC)s3)s2)c1CCCC. The molecule has 10 heteroatoms. The van der Waals surface area contributed by atoms with E-state index in [1.54, 1.807) is 22.7 Å². The lowest BCUT2D eigenvalue weighted by Crippen LogP contribution is -1.95. The topological polar surface area (TPSA) is 95.2 Å². The summed E-state index contributed by atoms with van der Waals surface area (Å²) in [7, 11) is 0. The molecule has 0 amide bonds. The Labute approximate surface area is 368 Å². The molecule has 0 N–H and O–H groups in total. The van der Waals surface area contributed by atoms with Crippen LogP contribution < -0.4 is 0 Å². The lowest BCUT2D eigenvalue weighted by molar-refractivity contribution is 0.764. The lowest BCUT2D eigenvalue weighted by atomic mass is 9.94. The van der Waals surface area contributed by atoms with Gasteiger partial charge in [-0.3, -0.25) is 0 Å². The molecule has 0 radical (unpaired) electrons. The van der Waals surface area contributed by atoms with Crippen molar-refractivity contribution < 1.29 is 0 Å². The van der Waals surface area contributed by atoms with Gasteiger partial charge in [-0.25, -0.2) is 0 Å². The smallest absolute Gasteiger partial charge is 0.139 e. The Morgan fingerprint density at radius 3 is 1.03 bits per heavy atom. The maximum atomic E-state index is 10.5. The largest absolute Gasteiger partial charge is 0.192 e. The third-order valence-corrected chi connectivity index (χ3v) is 17.4. The zero-order valence-electron chi connectivity index (χ0n) is 33.5. The molecule has 0 bridgehead atoms. The number of allylic oxidation sites excluding steroid dienone is 4. The zero-order valence-corrected chi connectivity index (χ0v) is 38.4. The van der Waals surface area contributed by atoms with Crippen molar-refractivity contribution in [3.05, 3.63) is 102 Å². The summed E-state index contributed by atoms with van der Waals surface area (Å²) in [5.41, 5.74) is 6.15. The van der Waals surface area contributed by atoms with E-state index in [-0.39, 0.29) is 11.1 Å². The standard InChI is InChI=1S/C48H46N4S6/c1-5-9-15-33-35(17-11-7-3)47(57-45(33)39-19-13-25-53-39)41-23-21-37(55-41)43(31(27-49)28-50)44(32(29-51)30-52)38-22-24-42(56-38)48-36(18-12-8-4)34(16-10-6-2)46(58-48)40-20-14-26-54-40/h13-14,19-26H,5-12,15-18H2,1-4H3. The molecule has 0 unspecified atom stereocenters. The summed E-state index contributed by atoms with van der Waals surface area (Å²) in [6, 6.07) is 25.4. The summed E-state index contributed by atoms with van der Waals surface area (Å²) in [6.07, 6.45) is 12.8. The van der Waals surface area contributed by atoms with Gasteiger partial charge in [0.15, 0.2) is 0 Å². The van der Waals surface area contributed by atoms with E-state index < -0.39 is 0 Å². The van der Waals surface area contributed by atoms with Crippen LogP contribution in [-0.2, 0) is 25.7 Å². The van der Waals surface area contributed by atoms with Crippen LogP contribution in [-0.4, -0.2) is 0 Å². The number of hydrogen-bond acceptors (Lipinski definition) is 10. The summed E-state index contributed by atoms with van der Waals surface area (Å²) in [6.45, 7) is 8.94. The molecule has 0 saturated carbocycles. The number of hydrogen-bond donors (Lipinski definition) is 0. The number of nitrogens with zero attached hydrogens (tertiary/aromatic N) is 4. The minimum Gasteiger partial charge on any atom is -0.192 e. The molecule has 6 aromatic rings. The number of thiophene rings is 6. The van der Waals surface area contributed by atoms with E-state index in [4.69, 9.17) is 0 Å². The molecule has 6 heterocycles. The maximum absolute atomic E-state index is 10.5. The Bertz CT molecular complexity index is 2340. The van der Waals surface area contributed by atoms with Crippen LogP contribution in [0.25, 0.3) is 50.2 Å². The maximum Gasteiger partial charge on any atom is 0.139 e. The van der Waals surface area contributed by atoms with Crippen LogP contribution in [0.3, 0.4) is 0 Å². The first-order valence-corrected chi connectivity index (χ1v) is 25.2. The first-order chi connectivity index (χ1) is 28.5. The van der Waals surface area contributed by atoms with Gasteiger partial charge in [-0.1, -0.05) is 65.5 Å². The summed E-state index contributed by atoms with van der Waals surface area (Å²) in [5.74, 6) is 0. The Morgan fingerprint density at radius 2 is 0.759 bits per heavy atom. The predicted octanol–water partition coefficient (Wildman–Crippen LogP) is 16.4. The van der Waals surface area contributed by atoms with Gasteiger partial charge in [-0.05, 0) is 121 Å². The number of nitriles is 4. The van der Waals surface area contributed by atoms with Crippen molar-refractivity contribution in [3.63, 3.8) is 0 Å². The van der Waals surface area contributed by atoms with Crippen molar-refractivity contribution in [2.45, 2.75) is 105 Å². The molecule has 58 heavy (non-hydrogen) atoms. The Hall–Kier alpha value is -4.36. The highest BCUT2D eigenvalue weighted by molar-refractivity contribution is 7.27. The molecule has 4 nitrogen and oxygen atoms in total. The molecule has 0 aliphatic heterocycles. The van der Waals surface area contributed by atoms with Crippen LogP contribution in [0.4, 0.5) is 0 Å². The molecule has 0 aromatic carbocycles. The molecular weight excluding hydrogens is 825 g/mol. The first kappa shape index (κ1) is 43.2. The summed E-state index contributed by atoms with van der Waals surface area (Å²) < 4.78 is 0. The fourth-order valence-electron chi connectivity index (χ4n) is 7.29. The van der Waals surface area contributed by atoms with Crippen molar-refractivity contribution in [1.82, 2.24) is 0 Å². The van der Waals surface area contributed by atoms with E-state index in [0.29, 0.717) is 20.9 Å². The van der Waals surface area contributed by atoms with Gasteiger partial charge in [0.25, 0.3) is 0 Å². The quantitative estimate of drug-likeness (QED) is 0.0598. The zero-order chi connectivity index (χ0) is 41.0. The molecule has 0 aliphatic carbocycles. The van der Waals surface area contributed by atoms with Crippen LogP contribution in [0.15, 0.2) is 70.4 Å². The highest BCUT2D eigenvalue weighted by atomic mass is 32.1. The second-order valence-corrected chi connectivity index (χ2v) is 20.2. The van der Waals surface area contributed by atoms with Crippen molar-refractivity contribution in [3.8, 4) is 63.3 Å². The fourth-order valence-corrected chi connectivity index (χ4v) is 14.2. The predicted molar refractivity (Wildman–Crippen MR) is 253 cm³/mol. The lowest BCUT2D eigenvalue weighted by Gasteiger charge is -2.11. The number of rotatable bonds is 19. The van der Waals surface area contributed by atoms with E-state index in [2.05, 4.69) is 99.1 Å². The molecule has 0 spiro atoms. The van der Waals surface area contributed by atoms with E-state index in [9.17, 15) is 21.0 Å². The molecular formula is C48H46N4S6. The average molecular weight is 871 g/mol. The molecule has 0 saturated heterocycles. The summed E-state index contributed by atoms with van der Waals surface area (Å²) in [5, 5.41) is 46.1. The summed E-state index contributed by atoms with van der Waals surface area (Å²) in [4.78, 5) is 11.2. The van der Waals surface area contributed by atoms with Gasteiger partial charge in [0, 0.05) is 59.9 Å². The Morgan fingerprint density at radius 1 is 0.431 bits per heavy atom. The van der Waals surface area contributed by atoms with Crippen LogP contribution in [0.1, 0.15) is 111 Å². The van der Waals surface area contributed by atoms with Crippen molar-refractivity contribution in [2.24, 2.45) is 0 Å². The number of unbranched alkanes of at least 4 members (excludes halogenated alkanes) is 4. The minimum absolute atomic E-state index is 0.108. The van der Waals surface area contributed by atoms with Crippen LogP contribution in [0.2, 0.25) is 0 Å². The second-order valence-electron chi connectivity index (χ2n) is 14.1. The highest BCUT2D eigenvalue weighted by Gasteiger charge is 2.28. The minimum atomic E-state index is -0.108. The van der Waals surface area contributed by atoms with Crippen molar-refractivity contribution in [1.29, 1.82) is 21.0 Å². The van der Waals surface area contributed by atoms with Gasteiger partial charge < -0.3 is 0 Å². The fraction of sp³-hybridized carbons (Fsp3) is 0.333. The Balaban J connectivity index is 1.52. The van der Waals surface area contributed by atoms with E-state index in [1.807, 2.05) is 34.8 Å². The second kappa shape index (κ2) is 21.1. The van der Waals surface area contributed by atoms with E-state index in [1.165, 1.54) is 74.2 Å². The van der Waals surface area contributed by atoms with Gasteiger partial charge in [0.2, 0.25) is 0 Å². The highest BCUT2D eigenvalue weighted by Crippen LogP contribution is 2.51. The van der Waals surface area contributed by atoms with Gasteiger partial charge in [-0.2, -0.15) is 21.0 Å². The normalized spacial score (nSPS) is 10.8. The van der Waals surface area contributed by atoms with Gasteiger partial charge in [0.05, 0.1) is 0 Å². The third-order valence-electron chi connectivity index (χ3n) is 10.2. The molecule has 0 aliphatic rings. The van der Waals surface area contributed by atoms with Crippen LogP contribution >= 0.6 is 68.0 Å². The molecule has 0 fully saturated rings.